The van der Waals surface area contributed by atoms with Crippen LogP contribution in [0.1, 0.15) is 42.5 Å². The summed E-state index contributed by atoms with van der Waals surface area (Å²) in [4.78, 5) is 12.5. The molecule has 0 spiro atoms. The fourth-order valence-electron chi connectivity index (χ4n) is 5.15. The van der Waals surface area contributed by atoms with Gasteiger partial charge in [0.2, 0.25) is 0 Å². The Hall–Kier alpha value is -0.540. The molecule has 3 aliphatic carbocycles. The zero-order valence-corrected chi connectivity index (χ0v) is 14.2. The molecule has 0 heterocycles. The first-order valence-corrected chi connectivity index (χ1v) is 9.06. The van der Waals surface area contributed by atoms with E-state index >= 15 is 0 Å². The van der Waals surface area contributed by atoms with Gasteiger partial charge >= 0.3 is 0 Å². The van der Waals surface area contributed by atoms with Gasteiger partial charge in [0, 0.05) is 15.5 Å². The van der Waals surface area contributed by atoms with Gasteiger partial charge < -0.3 is 5.32 Å². The molecule has 3 aliphatic rings. The molecular formula is C17H19BrClNO. The predicted octanol–water partition coefficient (Wildman–Crippen LogP) is 4.66. The average Bonchev–Trinajstić information content (AvgIpc) is 3.09. The molecule has 1 amide bonds. The van der Waals surface area contributed by atoms with E-state index in [9.17, 15) is 4.79 Å². The van der Waals surface area contributed by atoms with E-state index in [0.29, 0.717) is 16.6 Å². The Bertz CT molecular complexity index is 590. The Balaban J connectivity index is 1.48. The normalized spacial score (nSPS) is 36.8. The highest BCUT2D eigenvalue weighted by molar-refractivity contribution is 9.10. The summed E-state index contributed by atoms with van der Waals surface area (Å²) in [6.07, 6.45) is 6.72. The van der Waals surface area contributed by atoms with Crippen LogP contribution in [0.5, 0.6) is 0 Å². The third-order valence-electron chi connectivity index (χ3n) is 5.92. The second-order valence-corrected chi connectivity index (χ2v) is 8.15. The summed E-state index contributed by atoms with van der Waals surface area (Å²) in [7, 11) is 0. The SMILES string of the molecule is O=C(NC1CC2CC1C1CCCC21)c1ccc(Cl)cc1Br. The van der Waals surface area contributed by atoms with E-state index in [0.717, 1.165) is 28.1 Å². The molecule has 3 fully saturated rings. The quantitative estimate of drug-likeness (QED) is 0.808. The fourth-order valence-corrected chi connectivity index (χ4v) is 6.02. The Morgan fingerprint density at radius 3 is 2.81 bits per heavy atom. The number of hydrogen-bond donors (Lipinski definition) is 1. The van der Waals surface area contributed by atoms with Gasteiger partial charge in [0.15, 0.2) is 0 Å². The van der Waals surface area contributed by atoms with Crippen molar-refractivity contribution < 1.29 is 4.79 Å². The standard InChI is InChI=1S/C17H19BrClNO/c18-15-8-10(19)4-5-13(15)17(21)20-16-7-9-6-14(16)12-3-1-2-11(9)12/h4-5,8-9,11-12,14,16H,1-3,6-7H2,(H,20,21). The summed E-state index contributed by atoms with van der Waals surface area (Å²) in [5.74, 6) is 3.46. The van der Waals surface area contributed by atoms with Crippen LogP contribution in [0.3, 0.4) is 0 Å². The molecule has 2 bridgehead atoms. The second-order valence-electron chi connectivity index (χ2n) is 6.86. The molecule has 1 aromatic carbocycles. The highest BCUT2D eigenvalue weighted by Gasteiger charge is 2.54. The van der Waals surface area contributed by atoms with Crippen molar-refractivity contribution in [3.05, 3.63) is 33.3 Å². The van der Waals surface area contributed by atoms with Gasteiger partial charge in [-0.25, -0.2) is 0 Å². The lowest BCUT2D eigenvalue weighted by Crippen LogP contribution is -2.42. The molecule has 1 N–H and O–H groups in total. The van der Waals surface area contributed by atoms with Crippen molar-refractivity contribution in [1.82, 2.24) is 5.32 Å². The van der Waals surface area contributed by atoms with Crippen molar-refractivity contribution in [3.8, 4) is 0 Å². The number of benzene rings is 1. The van der Waals surface area contributed by atoms with E-state index in [1.54, 1.807) is 18.2 Å². The molecule has 112 valence electrons. The zero-order chi connectivity index (χ0) is 14.6. The van der Waals surface area contributed by atoms with Gasteiger partial charge in [-0.15, -0.1) is 0 Å². The number of carbonyl (C=O) groups is 1. The fraction of sp³-hybridized carbons (Fsp3) is 0.588. The van der Waals surface area contributed by atoms with Crippen LogP contribution in [0.4, 0.5) is 0 Å². The number of fused-ring (bicyclic) bond motifs is 5. The summed E-state index contributed by atoms with van der Waals surface area (Å²) in [5.41, 5.74) is 0.685. The topological polar surface area (TPSA) is 29.1 Å². The number of amides is 1. The Labute approximate surface area is 138 Å². The van der Waals surface area contributed by atoms with Crippen LogP contribution in [0.15, 0.2) is 22.7 Å². The smallest absolute Gasteiger partial charge is 0.252 e. The van der Waals surface area contributed by atoms with Crippen molar-refractivity contribution in [3.63, 3.8) is 0 Å². The molecule has 0 radical (unpaired) electrons. The Morgan fingerprint density at radius 1 is 1.19 bits per heavy atom. The first-order chi connectivity index (χ1) is 10.1. The van der Waals surface area contributed by atoms with E-state index in [1.807, 2.05) is 0 Å². The van der Waals surface area contributed by atoms with Crippen molar-refractivity contribution in [1.29, 1.82) is 0 Å². The minimum absolute atomic E-state index is 0.0330. The number of hydrogen-bond acceptors (Lipinski definition) is 1. The summed E-state index contributed by atoms with van der Waals surface area (Å²) >= 11 is 9.38. The van der Waals surface area contributed by atoms with Gasteiger partial charge in [-0.3, -0.25) is 4.79 Å². The van der Waals surface area contributed by atoms with Gasteiger partial charge in [0.1, 0.15) is 0 Å². The van der Waals surface area contributed by atoms with E-state index < -0.39 is 0 Å². The van der Waals surface area contributed by atoms with Gasteiger partial charge in [0.05, 0.1) is 5.56 Å². The number of carbonyl (C=O) groups excluding carboxylic acids is 1. The molecule has 2 nitrogen and oxygen atoms in total. The molecule has 5 unspecified atom stereocenters. The summed E-state index contributed by atoms with van der Waals surface area (Å²) in [5, 5.41) is 3.93. The van der Waals surface area contributed by atoms with E-state index in [1.165, 1.54) is 32.1 Å². The number of nitrogens with one attached hydrogen (secondary N) is 1. The maximum absolute atomic E-state index is 12.5. The third kappa shape index (κ3) is 2.33. The molecule has 4 heteroatoms. The summed E-state index contributed by atoms with van der Waals surface area (Å²) in [6.45, 7) is 0. The van der Waals surface area contributed by atoms with Crippen molar-refractivity contribution in [2.24, 2.45) is 23.7 Å². The van der Waals surface area contributed by atoms with Crippen LogP contribution in [0, 0.1) is 23.7 Å². The van der Waals surface area contributed by atoms with Gasteiger partial charge in [-0.2, -0.15) is 0 Å². The minimum Gasteiger partial charge on any atom is -0.349 e. The van der Waals surface area contributed by atoms with Crippen molar-refractivity contribution >= 4 is 33.4 Å². The van der Waals surface area contributed by atoms with Gasteiger partial charge in [0.25, 0.3) is 5.91 Å². The zero-order valence-electron chi connectivity index (χ0n) is 11.8. The third-order valence-corrected chi connectivity index (χ3v) is 6.81. The molecular weight excluding hydrogens is 350 g/mol. The molecule has 3 saturated carbocycles. The molecule has 0 saturated heterocycles. The molecule has 0 aliphatic heterocycles. The van der Waals surface area contributed by atoms with Gasteiger partial charge in [-0.05, 0) is 83.5 Å². The van der Waals surface area contributed by atoms with Gasteiger partial charge in [-0.1, -0.05) is 18.0 Å². The lowest BCUT2D eigenvalue weighted by atomic mass is 9.79. The van der Waals surface area contributed by atoms with Crippen LogP contribution < -0.4 is 5.32 Å². The van der Waals surface area contributed by atoms with Crippen molar-refractivity contribution in [2.75, 3.05) is 0 Å². The minimum atomic E-state index is 0.0330. The predicted molar refractivity (Wildman–Crippen MR) is 87.5 cm³/mol. The molecule has 4 rings (SSSR count). The maximum atomic E-state index is 12.5. The highest BCUT2D eigenvalue weighted by atomic mass is 79.9. The van der Waals surface area contributed by atoms with Crippen molar-refractivity contribution in [2.45, 2.75) is 38.1 Å². The van der Waals surface area contributed by atoms with Crippen LogP contribution in [-0.2, 0) is 0 Å². The highest BCUT2D eigenvalue weighted by Crippen LogP contribution is 2.58. The average molecular weight is 369 g/mol. The lowest BCUT2D eigenvalue weighted by Gasteiger charge is -2.32. The van der Waals surface area contributed by atoms with Crippen LogP contribution in [0.25, 0.3) is 0 Å². The summed E-state index contributed by atoms with van der Waals surface area (Å²) < 4.78 is 0.773. The molecule has 1 aromatic rings. The van der Waals surface area contributed by atoms with Crippen LogP contribution in [0.2, 0.25) is 5.02 Å². The first kappa shape index (κ1) is 14.1. The van der Waals surface area contributed by atoms with E-state index in [-0.39, 0.29) is 5.91 Å². The van der Waals surface area contributed by atoms with E-state index in [4.69, 9.17) is 11.6 Å². The molecule has 5 atom stereocenters. The largest absolute Gasteiger partial charge is 0.349 e. The Kier molecular flexibility index (Phi) is 3.54. The van der Waals surface area contributed by atoms with Crippen LogP contribution in [-0.4, -0.2) is 11.9 Å². The number of halogens is 2. The maximum Gasteiger partial charge on any atom is 0.252 e. The summed E-state index contributed by atoms with van der Waals surface area (Å²) in [6, 6.07) is 5.73. The molecule has 21 heavy (non-hydrogen) atoms. The Morgan fingerprint density at radius 2 is 2.00 bits per heavy atom. The van der Waals surface area contributed by atoms with Crippen LogP contribution >= 0.6 is 27.5 Å². The second kappa shape index (κ2) is 5.27. The lowest BCUT2D eigenvalue weighted by molar-refractivity contribution is 0.0900. The molecule has 0 aromatic heterocycles. The number of rotatable bonds is 2. The first-order valence-electron chi connectivity index (χ1n) is 7.89. The monoisotopic (exact) mass is 367 g/mol. The van der Waals surface area contributed by atoms with E-state index in [2.05, 4.69) is 21.2 Å².